The van der Waals surface area contributed by atoms with E-state index in [1.165, 1.54) is 0 Å². The van der Waals surface area contributed by atoms with Gasteiger partial charge >= 0.3 is 0 Å². The van der Waals surface area contributed by atoms with Crippen molar-refractivity contribution < 1.29 is 9.90 Å². The molecule has 0 saturated heterocycles. The first kappa shape index (κ1) is 16.7. The van der Waals surface area contributed by atoms with Crippen molar-refractivity contribution in [3.05, 3.63) is 35.9 Å². The van der Waals surface area contributed by atoms with Crippen molar-refractivity contribution in [2.24, 2.45) is 17.6 Å². The molecule has 0 bridgehead atoms. The number of carbonyl (C=O) groups is 1. The summed E-state index contributed by atoms with van der Waals surface area (Å²) in [5, 5.41) is 12.5. The first-order valence-electron chi connectivity index (χ1n) is 7.18. The van der Waals surface area contributed by atoms with Crippen molar-refractivity contribution in [1.82, 2.24) is 5.32 Å². The zero-order valence-corrected chi connectivity index (χ0v) is 12.5. The van der Waals surface area contributed by atoms with Gasteiger partial charge in [-0.05, 0) is 17.9 Å². The number of hydrogen-bond donors (Lipinski definition) is 3. The van der Waals surface area contributed by atoms with E-state index in [4.69, 9.17) is 5.73 Å². The number of rotatable bonds is 7. The van der Waals surface area contributed by atoms with Crippen LogP contribution in [0, 0.1) is 11.8 Å². The molecule has 3 atom stereocenters. The molecule has 1 amide bonds. The zero-order chi connectivity index (χ0) is 15.1. The van der Waals surface area contributed by atoms with E-state index in [0.717, 1.165) is 5.56 Å². The zero-order valence-electron chi connectivity index (χ0n) is 12.5. The van der Waals surface area contributed by atoms with Crippen molar-refractivity contribution >= 4 is 5.91 Å². The highest BCUT2D eigenvalue weighted by molar-refractivity contribution is 5.79. The lowest BCUT2D eigenvalue weighted by Crippen LogP contribution is -2.39. The molecule has 20 heavy (non-hydrogen) atoms. The molecule has 4 nitrogen and oxygen atoms in total. The van der Waals surface area contributed by atoms with Crippen molar-refractivity contribution in [3.63, 3.8) is 0 Å². The molecule has 1 rings (SSSR count). The van der Waals surface area contributed by atoms with Crippen molar-refractivity contribution in [2.75, 3.05) is 6.54 Å². The predicted molar refractivity (Wildman–Crippen MR) is 81.0 cm³/mol. The second-order valence-corrected chi connectivity index (χ2v) is 5.75. The standard InChI is InChI=1S/C16H26N2O2/c1-11(2)9-14(19)10-18-16(20)12(3)15(17)13-7-5-4-6-8-13/h4-8,11-12,14-15,19H,9-10,17H2,1-3H3,(H,18,20). The summed E-state index contributed by atoms with van der Waals surface area (Å²) in [4.78, 5) is 12.0. The lowest BCUT2D eigenvalue weighted by Gasteiger charge is -2.21. The molecule has 4 heteroatoms. The largest absolute Gasteiger partial charge is 0.391 e. The molecule has 0 spiro atoms. The Labute approximate surface area is 121 Å². The summed E-state index contributed by atoms with van der Waals surface area (Å²) in [6, 6.07) is 9.24. The van der Waals surface area contributed by atoms with Crippen LogP contribution in [0.1, 0.15) is 38.8 Å². The summed E-state index contributed by atoms with van der Waals surface area (Å²) in [5.41, 5.74) is 7.05. The van der Waals surface area contributed by atoms with Crippen LogP contribution in [0.4, 0.5) is 0 Å². The molecule has 0 radical (unpaired) electrons. The van der Waals surface area contributed by atoms with E-state index in [1.807, 2.05) is 51.1 Å². The van der Waals surface area contributed by atoms with Gasteiger partial charge in [0.2, 0.25) is 5.91 Å². The summed E-state index contributed by atoms with van der Waals surface area (Å²) in [7, 11) is 0. The van der Waals surface area contributed by atoms with Crippen LogP contribution in [-0.2, 0) is 4.79 Å². The van der Waals surface area contributed by atoms with Gasteiger partial charge in [-0.15, -0.1) is 0 Å². The monoisotopic (exact) mass is 278 g/mol. The Morgan fingerprint density at radius 3 is 2.40 bits per heavy atom. The normalized spacial score (nSPS) is 15.7. The maximum atomic E-state index is 12.0. The van der Waals surface area contributed by atoms with Crippen LogP contribution in [0.15, 0.2) is 30.3 Å². The topological polar surface area (TPSA) is 75.3 Å². The number of hydrogen-bond acceptors (Lipinski definition) is 3. The highest BCUT2D eigenvalue weighted by atomic mass is 16.3. The van der Waals surface area contributed by atoms with Gasteiger partial charge in [-0.1, -0.05) is 51.1 Å². The molecule has 0 saturated carbocycles. The lowest BCUT2D eigenvalue weighted by atomic mass is 9.94. The maximum Gasteiger partial charge on any atom is 0.224 e. The molecular weight excluding hydrogens is 252 g/mol. The first-order chi connectivity index (χ1) is 9.41. The molecule has 0 aliphatic carbocycles. The van der Waals surface area contributed by atoms with Crippen LogP contribution in [0.5, 0.6) is 0 Å². The Hall–Kier alpha value is -1.39. The smallest absolute Gasteiger partial charge is 0.224 e. The van der Waals surface area contributed by atoms with E-state index in [0.29, 0.717) is 12.3 Å². The number of aliphatic hydroxyl groups excluding tert-OH is 1. The molecule has 0 fully saturated rings. The molecule has 0 aliphatic rings. The average Bonchev–Trinajstić information content (AvgIpc) is 2.43. The van der Waals surface area contributed by atoms with Crippen molar-refractivity contribution in [2.45, 2.75) is 39.3 Å². The number of amides is 1. The van der Waals surface area contributed by atoms with E-state index < -0.39 is 6.10 Å². The molecule has 0 aliphatic heterocycles. The van der Waals surface area contributed by atoms with Gasteiger partial charge in [0.25, 0.3) is 0 Å². The second-order valence-electron chi connectivity index (χ2n) is 5.75. The highest BCUT2D eigenvalue weighted by Gasteiger charge is 2.22. The quantitative estimate of drug-likeness (QED) is 0.712. The summed E-state index contributed by atoms with van der Waals surface area (Å²) >= 11 is 0. The minimum absolute atomic E-state index is 0.121. The van der Waals surface area contributed by atoms with Crippen LogP contribution in [0.3, 0.4) is 0 Å². The summed E-state index contributed by atoms with van der Waals surface area (Å²) in [6.45, 7) is 6.17. The second kappa shape index (κ2) is 8.02. The van der Waals surface area contributed by atoms with E-state index >= 15 is 0 Å². The summed E-state index contributed by atoms with van der Waals surface area (Å²) in [6.07, 6.45) is 0.179. The van der Waals surface area contributed by atoms with Crippen LogP contribution >= 0.6 is 0 Å². The molecule has 1 aromatic rings. The van der Waals surface area contributed by atoms with Gasteiger partial charge in [0.1, 0.15) is 0 Å². The molecule has 4 N–H and O–H groups in total. The minimum atomic E-state index is -0.501. The molecular formula is C16H26N2O2. The fourth-order valence-corrected chi connectivity index (χ4v) is 2.13. The van der Waals surface area contributed by atoms with Crippen LogP contribution in [0.25, 0.3) is 0 Å². The Kier molecular flexibility index (Phi) is 6.68. The maximum absolute atomic E-state index is 12.0. The molecule has 0 aromatic heterocycles. The van der Waals surface area contributed by atoms with Gasteiger partial charge in [-0.2, -0.15) is 0 Å². The molecule has 112 valence electrons. The van der Waals surface area contributed by atoms with Crippen LogP contribution < -0.4 is 11.1 Å². The Balaban J connectivity index is 2.47. The van der Waals surface area contributed by atoms with E-state index in [1.54, 1.807) is 0 Å². The van der Waals surface area contributed by atoms with Crippen molar-refractivity contribution in [1.29, 1.82) is 0 Å². The number of aliphatic hydroxyl groups is 1. The summed E-state index contributed by atoms with van der Waals surface area (Å²) in [5.74, 6) is -0.0429. The van der Waals surface area contributed by atoms with Crippen molar-refractivity contribution in [3.8, 4) is 0 Å². The third-order valence-electron chi connectivity index (χ3n) is 3.39. The van der Waals surface area contributed by atoms with Gasteiger partial charge in [0, 0.05) is 12.6 Å². The third-order valence-corrected chi connectivity index (χ3v) is 3.39. The Bertz CT molecular complexity index is 406. The third kappa shape index (κ3) is 5.31. The number of nitrogens with one attached hydrogen (secondary N) is 1. The predicted octanol–water partition coefficient (Wildman–Crippen LogP) is 1.85. The minimum Gasteiger partial charge on any atom is -0.391 e. The van der Waals surface area contributed by atoms with E-state index in [9.17, 15) is 9.90 Å². The Morgan fingerprint density at radius 1 is 1.25 bits per heavy atom. The van der Waals surface area contributed by atoms with Gasteiger partial charge < -0.3 is 16.2 Å². The fourth-order valence-electron chi connectivity index (χ4n) is 2.13. The number of benzene rings is 1. The van der Waals surface area contributed by atoms with E-state index in [-0.39, 0.29) is 24.4 Å². The van der Waals surface area contributed by atoms with Crippen LogP contribution in [0.2, 0.25) is 0 Å². The van der Waals surface area contributed by atoms with Gasteiger partial charge in [0.05, 0.1) is 12.0 Å². The van der Waals surface area contributed by atoms with Gasteiger partial charge in [-0.25, -0.2) is 0 Å². The first-order valence-corrected chi connectivity index (χ1v) is 7.18. The van der Waals surface area contributed by atoms with Gasteiger partial charge in [0.15, 0.2) is 0 Å². The lowest BCUT2D eigenvalue weighted by molar-refractivity contribution is -0.125. The molecule has 1 aromatic carbocycles. The molecule has 3 unspecified atom stereocenters. The average molecular weight is 278 g/mol. The Morgan fingerprint density at radius 2 is 1.85 bits per heavy atom. The fraction of sp³-hybridized carbons (Fsp3) is 0.562. The van der Waals surface area contributed by atoms with E-state index in [2.05, 4.69) is 5.32 Å². The van der Waals surface area contributed by atoms with Gasteiger partial charge in [-0.3, -0.25) is 4.79 Å². The number of nitrogens with two attached hydrogens (primary N) is 1. The highest BCUT2D eigenvalue weighted by Crippen LogP contribution is 2.19. The number of carbonyl (C=O) groups excluding carboxylic acids is 1. The van der Waals surface area contributed by atoms with Crippen LogP contribution in [-0.4, -0.2) is 23.7 Å². The molecule has 0 heterocycles. The summed E-state index contributed by atoms with van der Waals surface area (Å²) < 4.78 is 0. The SMILES string of the molecule is CC(C)CC(O)CNC(=O)C(C)C(N)c1ccccc1.